The number of rotatable bonds is 5. The maximum absolute atomic E-state index is 11.9. The number of aryl methyl sites for hydroxylation is 1. The number of pyridine rings is 1. The molecule has 2 N–H and O–H groups in total. The maximum Gasteiger partial charge on any atom is 0.338 e. The number of aromatic carboxylic acids is 1. The largest absolute Gasteiger partial charge is 0.478 e. The third-order valence-corrected chi connectivity index (χ3v) is 5.01. The minimum absolute atomic E-state index is 0.180. The van der Waals surface area contributed by atoms with Gasteiger partial charge in [-0.2, -0.15) is 0 Å². The third-order valence-electron chi connectivity index (χ3n) is 2.87. The summed E-state index contributed by atoms with van der Waals surface area (Å²) in [6, 6.07) is 3.64. The Labute approximate surface area is 130 Å². The Morgan fingerprint density at radius 1 is 1.33 bits per heavy atom. The van der Waals surface area contributed by atoms with E-state index in [4.69, 9.17) is 0 Å². The van der Waals surface area contributed by atoms with E-state index in [0.717, 1.165) is 9.77 Å². The van der Waals surface area contributed by atoms with E-state index in [1.807, 2.05) is 19.1 Å². The molecule has 7 heteroatoms. The van der Waals surface area contributed by atoms with Crippen molar-refractivity contribution in [3.8, 4) is 0 Å². The molecule has 1 amide bonds. The summed E-state index contributed by atoms with van der Waals surface area (Å²) in [4.78, 5) is 28.9. The Balaban J connectivity index is 2.03. The highest BCUT2D eigenvalue weighted by molar-refractivity contribution is 8.00. The van der Waals surface area contributed by atoms with Gasteiger partial charge in [0.15, 0.2) is 0 Å². The average Bonchev–Trinajstić information content (AvgIpc) is 2.72. The topological polar surface area (TPSA) is 79.3 Å². The smallest absolute Gasteiger partial charge is 0.338 e. The fraction of sp³-hybridized carbons (Fsp3) is 0.214. The molecule has 0 saturated carbocycles. The SMILES string of the molecule is Cc1sc(NC(=O)CSc2ccncc2)c(C(=O)O)c1C. The second kappa shape index (κ2) is 6.73. The summed E-state index contributed by atoms with van der Waals surface area (Å²) in [5, 5.41) is 12.3. The van der Waals surface area contributed by atoms with E-state index in [2.05, 4.69) is 10.3 Å². The van der Waals surface area contributed by atoms with Gasteiger partial charge in [0.1, 0.15) is 5.00 Å². The molecule has 0 saturated heterocycles. The molecule has 0 aromatic carbocycles. The summed E-state index contributed by atoms with van der Waals surface area (Å²) in [6.07, 6.45) is 3.32. The van der Waals surface area contributed by atoms with Crippen molar-refractivity contribution in [2.45, 2.75) is 18.7 Å². The number of nitrogens with one attached hydrogen (secondary N) is 1. The second-order valence-corrected chi connectivity index (χ2v) is 6.59. The number of hydrogen-bond donors (Lipinski definition) is 2. The summed E-state index contributed by atoms with van der Waals surface area (Å²) in [5.74, 6) is -1.02. The Morgan fingerprint density at radius 3 is 2.62 bits per heavy atom. The molecule has 0 aliphatic rings. The first-order valence-electron chi connectivity index (χ1n) is 6.15. The van der Waals surface area contributed by atoms with Crippen LogP contribution in [0.25, 0.3) is 0 Å². The van der Waals surface area contributed by atoms with Crippen LogP contribution >= 0.6 is 23.1 Å². The number of carbonyl (C=O) groups is 2. The molecule has 0 radical (unpaired) electrons. The van der Waals surface area contributed by atoms with Crippen LogP contribution in [-0.4, -0.2) is 27.7 Å². The van der Waals surface area contributed by atoms with E-state index in [-0.39, 0.29) is 17.2 Å². The van der Waals surface area contributed by atoms with Crippen molar-refractivity contribution in [3.63, 3.8) is 0 Å². The van der Waals surface area contributed by atoms with Crippen molar-refractivity contribution in [1.29, 1.82) is 0 Å². The van der Waals surface area contributed by atoms with Crippen LogP contribution in [-0.2, 0) is 4.79 Å². The van der Waals surface area contributed by atoms with Crippen LogP contribution in [0.1, 0.15) is 20.8 Å². The molecule has 0 unspecified atom stereocenters. The van der Waals surface area contributed by atoms with Crippen LogP contribution < -0.4 is 5.32 Å². The molecule has 21 heavy (non-hydrogen) atoms. The maximum atomic E-state index is 11.9. The van der Waals surface area contributed by atoms with E-state index < -0.39 is 5.97 Å². The first kappa shape index (κ1) is 15.5. The number of carbonyl (C=O) groups excluding carboxylic acids is 1. The zero-order valence-corrected chi connectivity index (χ0v) is 13.2. The van der Waals surface area contributed by atoms with E-state index in [0.29, 0.717) is 10.6 Å². The summed E-state index contributed by atoms with van der Waals surface area (Å²) in [6.45, 7) is 3.59. The standard InChI is InChI=1S/C14H14N2O3S2/c1-8-9(2)21-13(12(8)14(18)19)16-11(17)7-20-10-3-5-15-6-4-10/h3-6H,7H2,1-2H3,(H,16,17)(H,18,19). The van der Waals surface area contributed by atoms with Crippen molar-refractivity contribution in [1.82, 2.24) is 4.98 Å². The molecule has 0 aliphatic heterocycles. The zero-order valence-electron chi connectivity index (χ0n) is 11.5. The molecule has 0 fully saturated rings. The van der Waals surface area contributed by atoms with Crippen LogP contribution in [0.3, 0.4) is 0 Å². The lowest BCUT2D eigenvalue weighted by molar-refractivity contribution is -0.113. The van der Waals surface area contributed by atoms with Crippen LogP contribution in [0.2, 0.25) is 0 Å². The Morgan fingerprint density at radius 2 is 2.00 bits per heavy atom. The highest BCUT2D eigenvalue weighted by atomic mass is 32.2. The molecule has 0 aliphatic carbocycles. The molecule has 0 atom stereocenters. The molecule has 5 nitrogen and oxygen atoms in total. The quantitative estimate of drug-likeness (QED) is 0.827. The predicted molar refractivity (Wildman–Crippen MR) is 84.3 cm³/mol. The number of thioether (sulfide) groups is 1. The van der Waals surface area contributed by atoms with E-state index >= 15 is 0 Å². The van der Waals surface area contributed by atoms with Crippen molar-refractivity contribution < 1.29 is 14.7 Å². The first-order valence-corrected chi connectivity index (χ1v) is 7.95. The van der Waals surface area contributed by atoms with E-state index in [1.54, 1.807) is 19.3 Å². The van der Waals surface area contributed by atoms with Crippen LogP contribution in [0.15, 0.2) is 29.4 Å². The van der Waals surface area contributed by atoms with Gasteiger partial charge >= 0.3 is 5.97 Å². The number of hydrogen-bond acceptors (Lipinski definition) is 5. The second-order valence-electron chi connectivity index (χ2n) is 4.31. The van der Waals surface area contributed by atoms with Crippen LogP contribution in [0, 0.1) is 13.8 Å². The number of aromatic nitrogens is 1. The Hall–Kier alpha value is -1.86. The third kappa shape index (κ3) is 3.83. The normalized spacial score (nSPS) is 10.4. The number of anilines is 1. The Kier molecular flexibility index (Phi) is 4.98. The molecular weight excluding hydrogens is 308 g/mol. The molecule has 110 valence electrons. The summed E-state index contributed by atoms with van der Waals surface area (Å²) in [5.41, 5.74) is 0.879. The highest BCUT2D eigenvalue weighted by Gasteiger charge is 2.20. The zero-order chi connectivity index (χ0) is 15.4. The number of amides is 1. The summed E-state index contributed by atoms with van der Waals surface area (Å²) >= 11 is 2.67. The number of carboxylic acids is 1. The van der Waals surface area contributed by atoms with Gasteiger partial charge in [0.05, 0.1) is 11.3 Å². The highest BCUT2D eigenvalue weighted by Crippen LogP contribution is 2.32. The van der Waals surface area contributed by atoms with Gasteiger partial charge in [0, 0.05) is 22.2 Å². The first-order chi connectivity index (χ1) is 9.99. The molecule has 2 aromatic rings. The van der Waals surface area contributed by atoms with E-state index in [1.165, 1.54) is 23.1 Å². The van der Waals surface area contributed by atoms with Crippen LogP contribution in [0.5, 0.6) is 0 Å². The minimum atomic E-state index is -1.02. The fourth-order valence-corrected chi connectivity index (χ4v) is 3.47. The lowest BCUT2D eigenvalue weighted by atomic mass is 10.1. The Bertz CT molecular complexity index is 668. The van der Waals surface area contributed by atoms with Gasteiger partial charge in [-0.3, -0.25) is 9.78 Å². The molecule has 2 rings (SSSR count). The summed E-state index contributed by atoms with van der Waals surface area (Å²) < 4.78 is 0. The van der Waals surface area contributed by atoms with Gasteiger partial charge in [-0.05, 0) is 31.5 Å². The number of carboxylic acid groups (broad SMARTS) is 1. The van der Waals surface area contributed by atoms with E-state index in [9.17, 15) is 14.7 Å². The van der Waals surface area contributed by atoms with Crippen molar-refractivity contribution in [3.05, 3.63) is 40.5 Å². The average molecular weight is 322 g/mol. The van der Waals surface area contributed by atoms with Gasteiger partial charge in [0.25, 0.3) is 0 Å². The van der Waals surface area contributed by atoms with Gasteiger partial charge in [-0.15, -0.1) is 23.1 Å². The molecule has 0 bridgehead atoms. The lowest BCUT2D eigenvalue weighted by Crippen LogP contribution is -2.15. The van der Waals surface area contributed by atoms with Crippen molar-refractivity contribution >= 4 is 40.0 Å². The molecule has 2 aromatic heterocycles. The minimum Gasteiger partial charge on any atom is -0.478 e. The summed E-state index contributed by atoms with van der Waals surface area (Å²) in [7, 11) is 0. The van der Waals surface area contributed by atoms with Crippen molar-refractivity contribution in [2.24, 2.45) is 0 Å². The van der Waals surface area contributed by atoms with Gasteiger partial charge < -0.3 is 10.4 Å². The lowest BCUT2D eigenvalue weighted by Gasteiger charge is -2.04. The monoisotopic (exact) mass is 322 g/mol. The van der Waals surface area contributed by atoms with Gasteiger partial charge in [-0.25, -0.2) is 4.79 Å². The number of nitrogens with zero attached hydrogens (tertiary/aromatic N) is 1. The predicted octanol–water partition coefficient (Wildman–Crippen LogP) is 3.19. The van der Waals surface area contributed by atoms with Crippen molar-refractivity contribution in [2.75, 3.05) is 11.1 Å². The molecular formula is C14H14N2O3S2. The molecule has 2 heterocycles. The number of thiophene rings is 1. The fourth-order valence-electron chi connectivity index (χ4n) is 1.72. The molecule has 0 spiro atoms. The van der Waals surface area contributed by atoms with Gasteiger partial charge in [-0.1, -0.05) is 0 Å². The van der Waals surface area contributed by atoms with Gasteiger partial charge in [0.2, 0.25) is 5.91 Å². The van der Waals surface area contributed by atoms with Crippen LogP contribution in [0.4, 0.5) is 5.00 Å².